The Hall–Kier alpha value is -1.64. The molecule has 1 aromatic rings. The van der Waals surface area contributed by atoms with Crippen molar-refractivity contribution < 1.29 is 23.1 Å². The molecule has 0 aliphatic rings. The number of carboxylic acids is 1. The molecule has 0 saturated heterocycles. The molecule has 2 N–H and O–H groups in total. The molecule has 0 bridgehead atoms. The van der Waals surface area contributed by atoms with Gasteiger partial charge in [0, 0.05) is 7.05 Å². The number of hydrogen-bond donors (Lipinski definition) is 2. The smallest absolute Gasteiger partial charge is 0.417 e. The number of hydrogen-bond acceptors (Lipinski definition) is 4. The predicted octanol–water partition coefficient (Wildman–Crippen LogP) is 0.619. The summed E-state index contributed by atoms with van der Waals surface area (Å²) >= 11 is 0. The molecule has 0 aliphatic carbocycles. The third-order valence-electron chi connectivity index (χ3n) is 2.78. The van der Waals surface area contributed by atoms with Gasteiger partial charge in [0.15, 0.2) is 0 Å². The molecule has 6 nitrogen and oxygen atoms in total. The molecule has 0 fully saturated rings. The van der Waals surface area contributed by atoms with E-state index in [4.69, 9.17) is 5.11 Å². The Morgan fingerprint density at radius 1 is 1.44 bits per heavy atom. The van der Waals surface area contributed by atoms with Crippen molar-refractivity contribution in [2.24, 2.45) is 7.05 Å². The number of carboxylic acid groups (broad SMARTS) is 1. The average Bonchev–Trinajstić information content (AvgIpc) is 2.54. The van der Waals surface area contributed by atoms with Crippen LogP contribution in [0.15, 0.2) is 0 Å². The second-order valence-corrected chi connectivity index (χ2v) is 4.00. The van der Waals surface area contributed by atoms with E-state index in [0.717, 1.165) is 0 Å². The van der Waals surface area contributed by atoms with Gasteiger partial charge in [-0.05, 0) is 13.8 Å². The summed E-state index contributed by atoms with van der Waals surface area (Å²) in [5.74, 6) is -1.24. The first-order chi connectivity index (χ1) is 8.09. The van der Waals surface area contributed by atoms with Crippen LogP contribution < -0.4 is 5.32 Å². The van der Waals surface area contributed by atoms with Crippen molar-refractivity contribution in [3.63, 3.8) is 0 Å². The molecular weight excluding hydrogens is 253 g/mol. The highest BCUT2D eigenvalue weighted by Gasteiger charge is 2.57. The van der Waals surface area contributed by atoms with E-state index in [0.29, 0.717) is 12.7 Å². The number of rotatable bonds is 4. The number of aliphatic carboxylic acids is 1. The highest BCUT2D eigenvalue weighted by Crippen LogP contribution is 2.30. The number of nitrogens with one attached hydrogen (secondary N) is 1. The summed E-state index contributed by atoms with van der Waals surface area (Å²) in [7, 11) is 1.58. The summed E-state index contributed by atoms with van der Waals surface area (Å²) in [6, 6.07) is 0. The van der Waals surface area contributed by atoms with E-state index in [-0.39, 0.29) is 12.4 Å². The normalized spacial score (nSPS) is 15.4. The molecular formula is C9H13F3N4O2. The number of alkyl halides is 3. The van der Waals surface area contributed by atoms with E-state index in [2.05, 4.69) is 10.2 Å². The van der Waals surface area contributed by atoms with Crippen molar-refractivity contribution in [3.8, 4) is 0 Å². The van der Waals surface area contributed by atoms with Crippen molar-refractivity contribution in [2.45, 2.75) is 32.1 Å². The minimum atomic E-state index is -4.91. The zero-order chi connectivity index (χ0) is 14.1. The molecule has 9 heteroatoms. The summed E-state index contributed by atoms with van der Waals surface area (Å²) in [4.78, 5) is 10.8. The van der Waals surface area contributed by atoms with Gasteiger partial charge in [0.1, 0.15) is 11.6 Å². The van der Waals surface area contributed by atoms with Gasteiger partial charge in [0.25, 0.3) is 0 Å². The Morgan fingerprint density at radius 2 is 2.00 bits per heavy atom. The van der Waals surface area contributed by atoms with Gasteiger partial charge in [0.05, 0.1) is 6.54 Å². The Bertz CT molecular complexity index is 457. The maximum absolute atomic E-state index is 12.7. The van der Waals surface area contributed by atoms with Crippen LogP contribution in [0.4, 0.5) is 13.2 Å². The Kier molecular flexibility index (Phi) is 3.65. The lowest BCUT2D eigenvalue weighted by Crippen LogP contribution is -2.60. The van der Waals surface area contributed by atoms with Crippen molar-refractivity contribution in [3.05, 3.63) is 11.6 Å². The van der Waals surface area contributed by atoms with Gasteiger partial charge in [-0.3, -0.25) is 5.32 Å². The highest BCUT2D eigenvalue weighted by molar-refractivity contribution is 5.79. The fourth-order valence-electron chi connectivity index (χ4n) is 1.16. The van der Waals surface area contributed by atoms with Gasteiger partial charge >= 0.3 is 12.1 Å². The number of halogens is 3. The maximum atomic E-state index is 12.7. The van der Waals surface area contributed by atoms with Crippen LogP contribution in [0.3, 0.4) is 0 Å². The van der Waals surface area contributed by atoms with Gasteiger partial charge in [-0.15, -0.1) is 10.2 Å². The lowest BCUT2D eigenvalue weighted by Gasteiger charge is -2.28. The molecule has 0 amide bonds. The van der Waals surface area contributed by atoms with Crippen molar-refractivity contribution in [1.29, 1.82) is 0 Å². The summed E-state index contributed by atoms with van der Waals surface area (Å²) in [6.07, 6.45) is -4.91. The lowest BCUT2D eigenvalue weighted by molar-refractivity contribution is -0.206. The van der Waals surface area contributed by atoms with E-state index in [1.165, 1.54) is 4.57 Å². The zero-order valence-corrected chi connectivity index (χ0v) is 10.0. The summed E-state index contributed by atoms with van der Waals surface area (Å²) < 4.78 is 39.5. The third-order valence-corrected chi connectivity index (χ3v) is 2.78. The topological polar surface area (TPSA) is 80.0 Å². The van der Waals surface area contributed by atoms with E-state index >= 15 is 0 Å². The fourth-order valence-corrected chi connectivity index (χ4v) is 1.16. The van der Waals surface area contributed by atoms with Crippen molar-refractivity contribution >= 4 is 5.97 Å². The highest BCUT2D eigenvalue weighted by atomic mass is 19.4. The molecule has 0 spiro atoms. The van der Waals surface area contributed by atoms with E-state index in [9.17, 15) is 18.0 Å². The van der Waals surface area contributed by atoms with Crippen LogP contribution in [0.1, 0.15) is 18.6 Å². The molecule has 1 aromatic heterocycles. The van der Waals surface area contributed by atoms with E-state index in [1.54, 1.807) is 14.0 Å². The molecule has 0 radical (unpaired) electrons. The van der Waals surface area contributed by atoms with Crippen LogP contribution in [-0.4, -0.2) is 37.6 Å². The van der Waals surface area contributed by atoms with Crippen LogP contribution >= 0.6 is 0 Å². The largest absolute Gasteiger partial charge is 0.480 e. The monoisotopic (exact) mass is 266 g/mol. The summed E-state index contributed by atoms with van der Waals surface area (Å²) in [5.41, 5.74) is -3.02. The molecule has 18 heavy (non-hydrogen) atoms. The number of aryl methyl sites for hydroxylation is 1. The van der Waals surface area contributed by atoms with Gasteiger partial charge < -0.3 is 9.67 Å². The predicted molar refractivity (Wildman–Crippen MR) is 54.7 cm³/mol. The molecule has 1 unspecified atom stereocenters. The number of nitrogens with zero attached hydrogens (tertiary/aromatic N) is 3. The van der Waals surface area contributed by atoms with Gasteiger partial charge in [-0.1, -0.05) is 0 Å². The standard InChI is InChI=1S/C9H13F3N4O2/c1-5-14-15-6(16(5)3)4-13-8(2,7(17)18)9(10,11)12/h13H,4H2,1-3H3,(H,17,18). The zero-order valence-electron chi connectivity index (χ0n) is 10.0. The summed E-state index contributed by atoms with van der Waals surface area (Å²) in [6.45, 7) is 1.86. The van der Waals surface area contributed by atoms with Crippen LogP contribution in [0.2, 0.25) is 0 Å². The lowest BCUT2D eigenvalue weighted by atomic mass is 10.0. The quantitative estimate of drug-likeness (QED) is 0.835. The first-order valence-corrected chi connectivity index (χ1v) is 4.99. The van der Waals surface area contributed by atoms with Crippen molar-refractivity contribution in [1.82, 2.24) is 20.1 Å². The molecule has 1 atom stereocenters. The Balaban J connectivity index is 2.88. The van der Waals surface area contributed by atoms with E-state index < -0.39 is 17.7 Å². The number of carbonyl (C=O) groups is 1. The average molecular weight is 266 g/mol. The molecule has 102 valence electrons. The minimum absolute atomic E-state index is 0.226. The fraction of sp³-hybridized carbons (Fsp3) is 0.667. The van der Waals surface area contributed by atoms with Crippen LogP contribution in [0, 0.1) is 6.92 Å². The maximum Gasteiger partial charge on any atom is 0.417 e. The van der Waals surface area contributed by atoms with Gasteiger partial charge in [-0.25, -0.2) is 4.79 Å². The minimum Gasteiger partial charge on any atom is -0.480 e. The molecule has 0 saturated carbocycles. The van der Waals surface area contributed by atoms with Crippen molar-refractivity contribution in [2.75, 3.05) is 0 Å². The Morgan fingerprint density at radius 3 is 2.33 bits per heavy atom. The third kappa shape index (κ3) is 2.45. The molecule has 1 rings (SSSR count). The second kappa shape index (κ2) is 4.56. The molecule has 0 aliphatic heterocycles. The SMILES string of the molecule is Cc1nnc(CNC(C)(C(=O)O)C(F)(F)F)n1C. The first kappa shape index (κ1) is 14.4. The van der Waals surface area contributed by atoms with Gasteiger partial charge in [-0.2, -0.15) is 13.2 Å². The number of aromatic nitrogens is 3. The first-order valence-electron chi connectivity index (χ1n) is 4.99. The van der Waals surface area contributed by atoms with E-state index in [1.807, 2.05) is 5.32 Å². The van der Waals surface area contributed by atoms with Crippen LogP contribution in [0.5, 0.6) is 0 Å². The second-order valence-electron chi connectivity index (χ2n) is 4.00. The van der Waals surface area contributed by atoms with Crippen LogP contribution in [0.25, 0.3) is 0 Å². The van der Waals surface area contributed by atoms with Crippen LogP contribution in [-0.2, 0) is 18.4 Å². The Labute approximate surface area is 101 Å². The molecule has 1 heterocycles. The molecule has 0 aromatic carbocycles. The summed E-state index contributed by atoms with van der Waals surface area (Å²) in [5, 5.41) is 18.0. The van der Waals surface area contributed by atoms with Gasteiger partial charge in [0.2, 0.25) is 5.54 Å².